The van der Waals surface area contributed by atoms with Gasteiger partial charge >= 0.3 is 5.63 Å². The largest absolute Gasteiger partial charge is 0.422 e. The van der Waals surface area contributed by atoms with Crippen LogP contribution in [0.15, 0.2) is 67.1 Å². The molecule has 4 rings (SSSR count). The molecule has 8 heteroatoms. The number of hydrogen-bond donors (Lipinski definition) is 0. The van der Waals surface area contributed by atoms with E-state index < -0.39 is 15.6 Å². The number of sulfonamides is 1. The van der Waals surface area contributed by atoms with Crippen LogP contribution in [-0.4, -0.2) is 25.0 Å². The fourth-order valence-electron chi connectivity index (χ4n) is 3.08. The van der Waals surface area contributed by atoms with Crippen LogP contribution in [0.5, 0.6) is 0 Å². The van der Waals surface area contributed by atoms with Crippen LogP contribution in [0.3, 0.4) is 0 Å². The molecule has 1 atom stereocenters. The SMILES string of the molecule is Cc1ccc([C@H]2SCCN2S(=O)(=O)c2cc3cc(Br)ccc3oc2=O)cc1. The van der Waals surface area contributed by atoms with Crippen molar-refractivity contribution >= 4 is 48.7 Å². The van der Waals surface area contributed by atoms with Gasteiger partial charge in [0.05, 0.1) is 5.37 Å². The summed E-state index contributed by atoms with van der Waals surface area (Å²) in [6.07, 6.45) is 0. The molecule has 0 bridgehead atoms. The molecule has 1 aromatic heterocycles. The van der Waals surface area contributed by atoms with Gasteiger partial charge in [0.15, 0.2) is 4.90 Å². The Labute approximate surface area is 169 Å². The molecule has 0 N–H and O–H groups in total. The van der Waals surface area contributed by atoms with Crippen LogP contribution in [-0.2, 0) is 10.0 Å². The molecular formula is C19H16BrNO4S2. The average Bonchev–Trinajstić information content (AvgIpc) is 3.12. The summed E-state index contributed by atoms with van der Waals surface area (Å²) in [5.41, 5.74) is 1.52. The number of fused-ring (bicyclic) bond motifs is 1. The fraction of sp³-hybridized carbons (Fsp3) is 0.211. The number of rotatable bonds is 3. The molecule has 27 heavy (non-hydrogen) atoms. The first-order valence-corrected chi connectivity index (χ1v) is 11.6. The minimum Gasteiger partial charge on any atom is -0.422 e. The number of hydrogen-bond acceptors (Lipinski definition) is 5. The minimum absolute atomic E-state index is 0.326. The monoisotopic (exact) mass is 465 g/mol. The van der Waals surface area contributed by atoms with Gasteiger partial charge in [-0.15, -0.1) is 11.8 Å². The first-order valence-electron chi connectivity index (χ1n) is 8.30. The maximum atomic E-state index is 13.3. The van der Waals surface area contributed by atoms with Crippen LogP contribution >= 0.6 is 27.7 Å². The van der Waals surface area contributed by atoms with Crippen molar-refractivity contribution in [2.75, 3.05) is 12.3 Å². The first-order chi connectivity index (χ1) is 12.9. The van der Waals surface area contributed by atoms with Gasteiger partial charge in [-0.3, -0.25) is 0 Å². The van der Waals surface area contributed by atoms with E-state index in [-0.39, 0.29) is 10.3 Å². The van der Waals surface area contributed by atoms with Crippen LogP contribution in [0.25, 0.3) is 11.0 Å². The van der Waals surface area contributed by atoms with Crippen molar-refractivity contribution in [3.05, 3.63) is 74.6 Å². The van der Waals surface area contributed by atoms with Crippen molar-refractivity contribution in [2.24, 2.45) is 0 Å². The Morgan fingerprint density at radius 2 is 1.89 bits per heavy atom. The van der Waals surface area contributed by atoms with E-state index in [1.807, 2.05) is 31.2 Å². The predicted molar refractivity (Wildman–Crippen MR) is 110 cm³/mol. The zero-order valence-corrected chi connectivity index (χ0v) is 17.6. The van der Waals surface area contributed by atoms with E-state index >= 15 is 0 Å². The lowest BCUT2D eigenvalue weighted by molar-refractivity contribution is 0.429. The van der Waals surface area contributed by atoms with Gasteiger partial charge in [-0.1, -0.05) is 45.8 Å². The van der Waals surface area contributed by atoms with Crippen molar-refractivity contribution in [1.29, 1.82) is 0 Å². The Bertz CT molecular complexity index is 1170. The highest BCUT2D eigenvalue weighted by Gasteiger charge is 2.38. The van der Waals surface area contributed by atoms with Gasteiger partial charge in [-0.05, 0) is 36.8 Å². The van der Waals surface area contributed by atoms with Gasteiger partial charge < -0.3 is 4.42 Å². The summed E-state index contributed by atoms with van der Waals surface area (Å²) in [6, 6.07) is 14.3. The van der Waals surface area contributed by atoms with Crippen molar-refractivity contribution in [3.8, 4) is 0 Å². The van der Waals surface area contributed by atoms with Crippen molar-refractivity contribution in [2.45, 2.75) is 17.2 Å². The Kier molecular flexibility index (Phi) is 4.92. The molecule has 5 nitrogen and oxygen atoms in total. The molecule has 0 saturated carbocycles. The van der Waals surface area contributed by atoms with Crippen LogP contribution in [0.2, 0.25) is 0 Å². The zero-order valence-electron chi connectivity index (χ0n) is 14.4. The standard InChI is InChI=1S/C19H16BrNO4S2/c1-12-2-4-13(5-3-12)18-21(8-9-26-18)27(23,24)17-11-14-10-15(20)6-7-16(14)25-19(17)22/h2-7,10-11,18H,8-9H2,1H3/t18-/m1/s1. The van der Waals surface area contributed by atoms with E-state index in [4.69, 9.17) is 4.42 Å². The third-order valence-electron chi connectivity index (χ3n) is 4.46. The van der Waals surface area contributed by atoms with Crippen LogP contribution in [0, 0.1) is 6.92 Å². The first kappa shape index (κ1) is 18.7. The summed E-state index contributed by atoms with van der Waals surface area (Å²) in [5, 5.41) is 0.203. The lowest BCUT2D eigenvalue weighted by Crippen LogP contribution is -2.33. The summed E-state index contributed by atoms with van der Waals surface area (Å²) in [7, 11) is -3.99. The van der Waals surface area contributed by atoms with Crippen molar-refractivity contribution in [1.82, 2.24) is 4.31 Å². The third kappa shape index (κ3) is 3.47. The van der Waals surface area contributed by atoms with Gasteiger partial charge in [-0.2, -0.15) is 4.31 Å². The maximum Gasteiger partial charge on any atom is 0.356 e. The predicted octanol–water partition coefficient (Wildman–Crippen LogP) is 4.30. The van der Waals surface area contributed by atoms with Gasteiger partial charge in [0, 0.05) is 22.2 Å². The van der Waals surface area contributed by atoms with E-state index in [2.05, 4.69) is 15.9 Å². The normalized spacial score (nSPS) is 18.2. The van der Waals surface area contributed by atoms with Gasteiger partial charge in [-0.25, -0.2) is 13.2 Å². The Hall–Kier alpha value is -1.61. The smallest absolute Gasteiger partial charge is 0.356 e. The second kappa shape index (κ2) is 7.09. The van der Waals surface area contributed by atoms with Crippen LogP contribution < -0.4 is 5.63 Å². The number of halogens is 1. The summed E-state index contributed by atoms with van der Waals surface area (Å²) < 4.78 is 34.0. The number of aryl methyl sites for hydroxylation is 1. The maximum absolute atomic E-state index is 13.3. The fourth-order valence-corrected chi connectivity index (χ4v) is 6.73. The number of nitrogens with zero attached hydrogens (tertiary/aromatic N) is 1. The quantitative estimate of drug-likeness (QED) is 0.539. The molecule has 0 amide bonds. The van der Waals surface area contributed by atoms with Gasteiger partial charge in [0.1, 0.15) is 5.58 Å². The highest BCUT2D eigenvalue weighted by molar-refractivity contribution is 9.10. The van der Waals surface area contributed by atoms with Crippen LogP contribution in [0.4, 0.5) is 0 Å². The number of thioether (sulfide) groups is 1. The van der Waals surface area contributed by atoms with E-state index in [0.29, 0.717) is 23.3 Å². The molecule has 1 aliphatic rings. The molecule has 3 aromatic rings. The van der Waals surface area contributed by atoms with Gasteiger partial charge in [0.2, 0.25) is 0 Å². The molecule has 0 radical (unpaired) electrons. The zero-order chi connectivity index (χ0) is 19.2. The summed E-state index contributed by atoms with van der Waals surface area (Å²) in [6.45, 7) is 2.33. The molecule has 2 aromatic carbocycles. The molecule has 2 heterocycles. The highest BCUT2D eigenvalue weighted by Crippen LogP contribution is 2.41. The second-order valence-corrected chi connectivity index (χ2v) is 10.3. The Morgan fingerprint density at radius 3 is 2.63 bits per heavy atom. The Morgan fingerprint density at radius 1 is 1.15 bits per heavy atom. The Balaban J connectivity index is 1.80. The average molecular weight is 466 g/mol. The third-order valence-corrected chi connectivity index (χ3v) is 8.20. The van der Waals surface area contributed by atoms with E-state index in [1.54, 1.807) is 30.0 Å². The molecule has 0 aliphatic carbocycles. The molecule has 0 unspecified atom stereocenters. The van der Waals surface area contributed by atoms with Crippen molar-refractivity contribution < 1.29 is 12.8 Å². The molecule has 1 saturated heterocycles. The molecule has 1 fully saturated rings. The van der Waals surface area contributed by atoms with Crippen molar-refractivity contribution in [3.63, 3.8) is 0 Å². The topological polar surface area (TPSA) is 67.6 Å². The summed E-state index contributed by atoms with van der Waals surface area (Å²) in [4.78, 5) is 12.1. The lowest BCUT2D eigenvalue weighted by atomic mass is 10.1. The van der Waals surface area contributed by atoms with E-state index in [9.17, 15) is 13.2 Å². The summed E-state index contributed by atoms with van der Waals surface area (Å²) in [5.74, 6) is 0.669. The highest BCUT2D eigenvalue weighted by atomic mass is 79.9. The van der Waals surface area contributed by atoms with Crippen LogP contribution in [0.1, 0.15) is 16.5 Å². The van der Waals surface area contributed by atoms with E-state index in [0.717, 1.165) is 15.6 Å². The van der Waals surface area contributed by atoms with Gasteiger partial charge in [0.25, 0.3) is 10.0 Å². The second-order valence-electron chi connectivity index (χ2n) is 6.33. The molecule has 0 spiro atoms. The molecule has 140 valence electrons. The molecule has 1 aliphatic heterocycles. The molecular weight excluding hydrogens is 450 g/mol. The lowest BCUT2D eigenvalue weighted by Gasteiger charge is -2.23. The van der Waals surface area contributed by atoms with E-state index in [1.165, 1.54) is 10.4 Å². The number of benzene rings is 2. The minimum atomic E-state index is -3.99. The summed E-state index contributed by atoms with van der Waals surface area (Å²) >= 11 is 4.90.